The summed E-state index contributed by atoms with van der Waals surface area (Å²) in [6.45, 7) is 6.21. The monoisotopic (exact) mass is 605 g/mol. The molecule has 4 rings (SSSR count). The molecule has 1 aliphatic heterocycles. The van der Waals surface area contributed by atoms with Crippen molar-refractivity contribution in [1.82, 2.24) is 5.32 Å². The minimum atomic E-state index is -0.903. The number of nitrogens with one attached hydrogen (secondary N) is 2. The minimum absolute atomic E-state index is 0.191. The van der Waals surface area contributed by atoms with E-state index < -0.39 is 29.6 Å². The predicted molar refractivity (Wildman–Crippen MR) is 161 cm³/mol. The van der Waals surface area contributed by atoms with Gasteiger partial charge in [0.15, 0.2) is 29.6 Å². The molecule has 3 aromatic rings. The summed E-state index contributed by atoms with van der Waals surface area (Å²) in [6.07, 6.45) is 2.11. The van der Waals surface area contributed by atoms with Crippen molar-refractivity contribution < 1.29 is 42.5 Å². The summed E-state index contributed by atoms with van der Waals surface area (Å²) in [4.78, 5) is 52.2. The molecule has 5 amide bonds. The molecule has 44 heavy (non-hydrogen) atoms. The van der Waals surface area contributed by atoms with Crippen molar-refractivity contribution in [3.05, 3.63) is 77.6 Å². The van der Waals surface area contributed by atoms with Crippen molar-refractivity contribution in [2.75, 3.05) is 36.6 Å². The summed E-state index contributed by atoms with van der Waals surface area (Å²) in [6, 6.07) is 13.7. The maximum atomic E-state index is 13.5. The van der Waals surface area contributed by atoms with E-state index in [0.717, 1.165) is 11.3 Å². The number of nitrogens with zero attached hydrogens (tertiary/aromatic N) is 1. The first kappa shape index (κ1) is 31.5. The number of carbonyl (C=O) groups excluding carboxylic acids is 4. The number of rotatable bonds is 13. The molecule has 1 heterocycles. The van der Waals surface area contributed by atoms with Crippen molar-refractivity contribution >= 4 is 41.2 Å². The summed E-state index contributed by atoms with van der Waals surface area (Å²) in [5.74, 6) is -1.27. The summed E-state index contributed by atoms with van der Waals surface area (Å²) >= 11 is 0. The molecule has 0 bridgehead atoms. The molecule has 3 aromatic carbocycles. The molecule has 11 nitrogen and oxygen atoms in total. The number of halogens is 1. The quantitative estimate of drug-likeness (QED) is 0.203. The molecule has 0 saturated carbocycles. The smallest absolute Gasteiger partial charge is 0.335 e. The molecular weight excluding hydrogens is 573 g/mol. The standard InChI is InChI=1S/C32H32FN3O8/c1-4-15-43-25-14-12-23(18-28(25)42-6-3)36-31(39)24(30(38)35-32(36)40)16-20-7-13-26(27(17-20)41-5-2)44-19-29(37)34-22-10-8-21(33)9-11-22/h7-14,16-18H,4-6,15,19H2,1-3H3,(H,34,37)(H,35,38,40)/b24-16+. The van der Waals surface area contributed by atoms with E-state index in [1.165, 1.54) is 54.6 Å². The molecule has 12 heteroatoms. The van der Waals surface area contributed by atoms with Gasteiger partial charge in [-0.25, -0.2) is 14.1 Å². The lowest BCUT2D eigenvalue weighted by Crippen LogP contribution is -2.54. The van der Waals surface area contributed by atoms with Gasteiger partial charge < -0.3 is 24.3 Å². The van der Waals surface area contributed by atoms with Gasteiger partial charge >= 0.3 is 6.03 Å². The lowest BCUT2D eigenvalue weighted by molar-refractivity contribution is -0.122. The van der Waals surface area contributed by atoms with E-state index in [1.807, 2.05) is 6.92 Å². The van der Waals surface area contributed by atoms with Crippen molar-refractivity contribution in [2.45, 2.75) is 27.2 Å². The number of imide groups is 2. The highest BCUT2D eigenvalue weighted by Gasteiger charge is 2.37. The number of anilines is 2. The summed E-state index contributed by atoms with van der Waals surface area (Å²) in [5.41, 5.74) is 0.715. The summed E-state index contributed by atoms with van der Waals surface area (Å²) < 4.78 is 35.8. The SMILES string of the molecule is CCCOc1ccc(N2C(=O)NC(=O)/C(=C\c3ccc(OCC(=O)Nc4ccc(F)cc4)c(OCC)c3)C2=O)cc1OCC. The van der Waals surface area contributed by atoms with Crippen LogP contribution < -0.4 is 34.5 Å². The van der Waals surface area contributed by atoms with Gasteiger partial charge in [0.2, 0.25) is 0 Å². The third-order valence-electron chi connectivity index (χ3n) is 6.11. The molecule has 0 atom stereocenters. The molecule has 1 fully saturated rings. The number of urea groups is 1. The maximum Gasteiger partial charge on any atom is 0.335 e. The fourth-order valence-corrected chi connectivity index (χ4v) is 4.17. The van der Waals surface area contributed by atoms with Gasteiger partial charge in [-0.1, -0.05) is 13.0 Å². The number of barbiturate groups is 1. The van der Waals surface area contributed by atoms with Crippen molar-refractivity contribution in [3.8, 4) is 23.0 Å². The first-order valence-corrected chi connectivity index (χ1v) is 14.0. The Morgan fingerprint density at radius 2 is 1.50 bits per heavy atom. The fourth-order valence-electron chi connectivity index (χ4n) is 4.17. The van der Waals surface area contributed by atoms with Crippen LogP contribution in [0.3, 0.4) is 0 Å². The van der Waals surface area contributed by atoms with E-state index >= 15 is 0 Å². The Bertz CT molecular complexity index is 1570. The van der Waals surface area contributed by atoms with Crippen LogP contribution in [0.4, 0.5) is 20.6 Å². The Kier molecular flexibility index (Phi) is 10.5. The van der Waals surface area contributed by atoms with Crippen LogP contribution in [0.2, 0.25) is 0 Å². The van der Waals surface area contributed by atoms with E-state index in [1.54, 1.807) is 26.0 Å². The van der Waals surface area contributed by atoms with Crippen molar-refractivity contribution in [1.29, 1.82) is 0 Å². The molecule has 0 spiro atoms. The van der Waals surface area contributed by atoms with E-state index in [0.29, 0.717) is 36.0 Å². The number of hydrogen-bond donors (Lipinski definition) is 2. The summed E-state index contributed by atoms with van der Waals surface area (Å²) in [7, 11) is 0. The first-order valence-electron chi connectivity index (χ1n) is 14.0. The van der Waals surface area contributed by atoms with Crippen LogP contribution >= 0.6 is 0 Å². The van der Waals surface area contributed by atoms with Gasteiger partial charge in [0.05, 0.1) is 25.5 Å². The average molecular weight is 606 g/mol. The molecule has 1 aliphatic rings. The van der Waals surface area contributed by atoms with Crippen LogP contribution in [-0.2, 0) is 14.4 Å². The minimum Gasteiger partial charge on any atom is -0.490 e. The van der Waals surface area contributed by atoms with Gasteiger partial charge in [0.25, 0.3) is 17.7 Å². The van der Waals surface area contributed by atoms with Gasteiger partial charge in [-0.2, -0.15) is 0 Å². The Morgan fingerprint density at radius 3 is 2.18 bits per heavy atom. The molecule has 0 unspecified atom stereocenters. The van der Waals surface area contributed by atoms with Crippen LogP contribution in [-0.4, -0.2) is 50.2 Å². The normalized spacial score (nSPS) is 13.9. The number of ether oxygens (including phenoxy) is 4. The zero-order valence-electron chi connectivity index (χ0n) is 24.5. The average Bonchev–Trinajstić information content (AvgIpc) is 3.00. The number of amides is 5. The second kappa shape index (κ2) is 14.7. The molecule has 0 radical (unpaired) electrons. The van der Waals surface area contributed by atoms with Gasteiger partial charge in [-0.15, -0.1) is 0 Å². The highest BCUT2D eigenvalue weighted by molar-refractivity contribution is 6.39. The molecule has 230 valence electrons. The zero-order chi connectivity index (χ0) is 31.6. The highest BCUT2D eigenvalue weighted by atomic mass is 19.1. The molecular formula is C32H32FN3O8. The van der Waals surface area contributed by atoms with Gasteiger partial charge in [0, 0.05) is 11.8 Å². The number of benzene rings is 3. The maximum absolute atomic E-state index is 13.5. The van der Waals surface area contributed by atoms with E-state index in [-0.39, 0.29) is 36.0 Å². The first-order chi connectivity index (χ1) is 21.2. The third-order valence-corrected chi connectivity index (χ3v) is 6.11. The van der Waals surface area contributed by atoms with Crippen molar-refractivity contribution in [3.63, 3.8) is 0 Å². The Hall–Kier alpha value is -5.39. The molecule has 2 N–H and O–H groups in total. The van der Waals surface area contributed by atoms with Gasteiger partial charge in [-0.3, -0.25) is 19.7 Å². The Morgan fingerprint density at radius 1 is 0.841 bits per heavy atom. The van der Waals surface area contributed by atoms with Gasteiger partial charge in [0.1, 0.15) is 11.4 Å². The molecule has 0 aromatic heterocycles. The topological polar surface area (TPSA) is 132 Å². The Balaban J connectivity index is 1.55. The van der Waals surface area contributed by atoms with Crippen molar-refractivity contribution in [2.24, 2.45) is 0 Å². The Labute approximate surface area is 253 Å². The van der Waals surface area contributed by atoms with E-state index in [2.05, 4.69) is 10.6 Å². The second-order valence-electron chi connectivity index (χ2n) is 9.35. The zero-order valence-corrected chi connectivity index (χ0v) is 24.5. The van der Waals surface area contributed by atoms with Crippen LogP contribution in [0, 0.1) is 5.82 Å². The fraction of sp³-hybridized carbons (Fsp3) is 0.250. The van der Waals surface area contributed by atoms with Crippen LogP contribution in [0.25, 0.3) is 6.08 Å². The second-order valence-corrected chi connectivity index (χ2v) is 9.35. The molecule has 0 aliphatic carbocycles. The van der Waals surface area contributed by atoms with E-state index in [4.69, 9.17) is 18.9 Å². The van der Waals surface area contributed by atoms with Crippen LogP contribution in [0.1, 0.15) is 32.8 Å². The van der Waals surface area contributed by atoms with E-state index in [9.17, 15) is 23.6 Å². The van der Waals surface area contributed by atoms with Crippen LogP contribution in [0.15, 0.2) is 66.2 Å². The van der Waals surface area contributed by atoms with Gasteiger partial charge in [-0.05, 0) is 80.4 Å². The number of carbonyl (C=O) groups is 4. The third kappa shape index (κ3) is 7.71. The highest BCUT2D eigenvalue weighted by Crippen LogP contribution is 2.34. The summed E-state index contributed by atoms with van der Waals surface area (Å²) in [5, 5.41) is 4.80. The predicted octanol–water partition coefficient (Wildman–Crippen LogP) is 5.10. The molecule has 1 saturated heterocycles. The lowest BCUT2D eigenvalue weighted by atomic mass is 10.1. The van der Waals surface area contributed by atoms with Crippen LogP contribution in [0.5, 0.6) is 23.0 Å². The number of hydrogen-bond acceptors (Lipinski definition) is 8. The largest absolute Gasteiger partial charge is 0.490 e. The lowest BCUT2D eigenvalue weighted by Gasteiger charge is -2.27.